The van der Waals surface area contributed by atoms with Crippen LogP contribution in [0.1, 0.15) is 18.0 Å². The predicted molar refractivity (Wildman–Crippen MR) is 63.9 cm³/mol. The first-order valence-electron chi connectivity index (χ1n) is 3.91. The molecule has 0 fully saturated rings. The highest BCUT2D eigenvalue weighted by Gasteiger charge is 2.09. The number of alkyl halides is 1. The van der Waals surface area contributed by atoms with Gasteiger partial charge in [-0.1, -0.05) is 33.6 Å². The van der Waals surface area contributed by atoms with E-state index >= 15 is 0 Å². The molecule has 1 atom stereocenters. The summed E-state index contributed by atoms with van der Waals surface area (Å²) in [6, 6.07) is 5.10. The largest absolute Gasteiger partial charge is 0.324 e. The van der Waals surface area contributed by atoms with Gasteiger partial charge >= 0.3 is 0 Å². The molecule has 0 radical (unpaired) electrons. The molecule has 1 aromatic carbocycles. The molecule has 0 unspecified atom stereocenters. The van der Waals surface area contributed by atoms with Crippen molar-refractivity contribution in [3.63, 3.8) is 0 Å². The number of benzene rings is 1. The smallest absolute Gasteiger partial charge is 0.0912 e. The molecular formula is C9H11BrCl2FN. The molecule has 0 amide bonds. The van der Waals surface area contributed by atoms with E-state index in [1.165, 1.54) is 0 Å². The van der Waals surface area contributed by atoms with Gasteiger partial charge in [0.15, 0.2) is 0 Å². The van der Waals surface area contributed by atoms with E-state index in [1.54, 1.807) is 6.07 Å². The zero-order valence-electron chi connectivity index (χ0n) is 7.34. The van der Waals surface area contributed by atoms with Crippen molar-refractivity contribution in [2.24, 2.45) is 5.73 Å². The standard InChI is InChI=1S/C9H10BrClFN.ClH/c10-6-1-2-7(8(11)5-6)9(13)3-4-12;/h1-2,5,9H,3-4,13H2;1H/t9-;/m0./s1. The number of hydrogen-bond acceptors (Lipinski definition) is 1. The maximum atomic E-state index is 12.0. The molecule has 0 aromatic heterocycles. The fourth-order valence-corrected chi connectivity index (χ4v) is 1.89. The summed E-state index contributed by atoms with van der Waals surface area (Å²) in [5.41, 5.74) is 6.51. The van der Waals surface area contributed by atoms with E-state index in [2.05, 4.69) is 15.9 Å². The molecular weight excluding hydrogens is 292 g/mol. The molecule has 14 heavy (non-hydrogen) atoms. The fourth-order valence-electron chi connectivity index (χ4n) is 1.08. The van der Waals surface area contributed by atoms with Crippen molar-refractivity contribution in [1.29, 1.82) is 0 Å². The third-order valence-electron chi connectivity index (χ3n) is 1.78. The van der Waals surface area contributed by atoms with Crippen LogP contribution in [0.2, 0.25) is 5.02 Å². The van der Waals surface area contributed by atoms with Gasteiger partial charge < -0.3 is 5.73 Å². The quantitative estimate of drug-likeness (QED) is 0.901. The molecule has 1 aromatic rings. The highest BCUT2D eigenvalue weighted by molar-refractivity contribution is 9.10. The number of halogens is 4. The maximum absolute atomic E-state index is 12.0. The van der Waals surface area contributed by atoms with Crippen LogP contribution in [0, 0.1) is 0 Å². The molecule has 0 aliphatic rings. The van der Waals surface area contributed by atoms with Gasteiger partial charge in [-0.15, -0.1) is 12.4 Å². The number of rotatable bonds is 3. The lowest BCUT2D eigenvalue weighted by Crippen LogP contribution is -2.11. The van der Waals surface area contributed by atoms with Gasteiger partial charge in [0.05, 0.1) is 6.67 Å². The van der Waals surface area contributed by atoms with Crippen LogP contribution >= 0.6 is 39.9 Å². The molecule has 0 saturated carbocycles. The van der Waals surface area contributed by atoms with E-state index in [1.807, 2.05) is 12.1 Å². The zero-order valence-corrected chi connectivity index (χ0v) is 10.5. The minimum absolute atomic E-state index is 0. The summed E-state index contributed by atoms with van der Waals surface area (Å²) in [5.74, 6) is 0. The monoisotopic (exact) mass is 301 g/mol. The van der Waals surface area contributed by atoms with Crippen molar-refractivity contribution in [2.75, 3.05) is 6.67 Å². The van der Waals surface area contributed by atoms with Crippen molar-refractivity contribution < 1.29 is 4.39 Å². The SMILES string of the molecule is Cl.N[C@@H](CCF)c1ccc(Br)cc1Cl. The average molecular weight is 303 g/mol. The molecule has 0 spiro atoms. The van der Waals surface area contributed by atoms with E-state index in [0.717, 1.165) is 10.0 Å². The zero-order chi connectivity index (χ0) is 9.84. The van der Waals surface area contributed by atoms with E-state index in [9.17, 15) is 4.39 Å². The van der Waals surface area contributed by atoms with Crippen molar-refractivity contribution in [3.05, 3.63) is 33.3 Å². The summed E-state index contributed by atoms with van der Waals surface area (Å²) in [6.07, 6.45) is 0.307. The van der Waals surface area contributed by atoms with Gasteiger partial charge in [-0.2, -0.15) is 0 Å². The summed E-state index contributed by atoms with van der Waals surface area (Å²) in [5, 5.41) is 0.579. The van der Waals surface area contributed by atoms with Gasteiger partial charge in [0, 0.05) is 15.5 Å². The van der Waals surface area contributed by atoms with Gasteiger partial charge in [-0.05, 0) is 24.1 Å². The average Bonchev–Trinajstić information content (AvgIpc) is 2.04. The Morgan fingerprint density at radius 2 is 2.14 bits per heavy atom. The Hall–Kier alpha value is 0.170. The summed E-state index contributed by atoms with van der Waals surface area (Å²) in [6.45, 7) is -0.423. The van der Waals surface area contributed by atoms with Crippen LogP contribution in [-0.4, -0.2) is 6.67 Å². The van der Waals surface area contributed by atoms with E-state index in [0.29, 0.717) is 11.4 Å². The fraction of sp³-hybridized carbons (Fsp3) is 0.333. The summed E-state index contributed by atoms with van der Waals surface area (Å²) < 4.78 is 12.9. The molecule has 5 heteroatoms. The Kier molecular flexibility index (Phi) is 6.70. The Morgan fingerprint density at radius 1 is 1.50 bits per heavy atom. The molecule has 80 valence electrons. The van der Waals surface area contributed by atoms with Gasteiger partial charge in [-0.3, -0.25) is 4.39 Å². The second-order valence-electron chi connectivity index (χ2n) is 2.75. The van der Waals surface area contributed by atoms with Gasteiger partial charge in [0.25, 0.3) is 0 Å². The van der Waals surface area contributed by atoms with Crippen LogP contribution in [0.25, 0.3) is 0 Å². The lowest BCUT2D eigenvalue weighted by Gasteiger charge is -2.11. The molecule has 2 N–H and O–H groups in total. The molecule has 1 rings (SSSR count). The maximum Gasteiger partial charge on any atom is 0.0912 e. The molecule has 0 bridgehead atoms. The topological polar surface area (TPSA) is 26.0 Å². The van der Waals surface area contributed by atoms with Crippen molar-refractivity contribution in [3.8, 4) is 0 Å². The second-order valence-corrected chi connectivity index (χ2v) is 4.07. The molecule has 1 nitrogen and oxygen atoms in total. The first kappa shape index (κ1) is 14.2. The second kappa shape index (κ2) is 6.62. The highest BCUT2D eigenvalue weighted by atomic mass is 79.9. The van der Waals surface area contributed by atoms with Crippen LogP contribution in [0.5, 0.6) is 0 Å². The Morgan fingerprint density at radius 3 is 2.64 bits per heavy atom. The molecule has 0 aliphatic carbocycles. The summed E-state index contributed by atoms with van der Waals surface area (Å²) >= 11 is 9.21. The molecule has 0 heterocycles. The van der Waals surface area contributed by atoms with Crippen molar-refractivity contribution >= 4 is 39.9 Å². The Labute approximate surface area is 102 Å². The first-order chi connectivity index (χ1) is 6.15. The molecule has 0 aliphatic heterocycles. The highest BCUT2D eigenvalue weighted by Crippen LogP contribution is 2.26. The summed E-state index contributed by atoms with van der Waals surface area (Å²) in [4.78, 5) is 0. The minimum atomic E-state index is -0.423. The van der Waals surface area contributed by atoms with Gasteiger partial charge in [-0.25, -0.2) is 0 Å². The van der Waals surface area contributed by atoms with Crippen LogP contribution in [0.4, 0.5) is 4.39 Å². The van der Waals surface area contributed by atoms with E-state index in [4.69, 9.17) is 17.3 Å². The third-order valence-corrected chi connectivity index (χ3v) is 2.60. The van der Waals surface area contributed by atoms with Gasteiger partial charge in [0.1, 0.15) is 0 Å². The third kappa shape index (κ3) is 3.73. The van der Waals surface area contributed by atoms with Crippen LogP contribution in [0.3, 0.4) is 0 Å². The van der Waals surface area contributed by atoms with Crippen LogP contribution < -0.4 is 5.73 Å². The van der Waals surface area contributed by atoms with E-state index < -0.39 is 6.67 Å². The Balaban J connectivity index is 0.00000169. The van der Waals surface area contributed by atoms with Crippen molar-refractivity contribution in [1.82, 2.24) is 0 Å². The minimum Gasteiger partial charge on any atom is -0.324 e. The molecule has 0 saturated heterocycles. The Bertz CT molecular complexity index is 296. The number of nitrogens with two attached hydrogens (primary N) is 1. The normalized spacial score (nSPS) is 12.0. The van der Waals surface area contributed by atoms with Crippen LogP contribution in [0.15, 0.2) is 22.7 Å². The predicted octanol–water partition coefficient (Wildman–Crippen LogP) is 3.88. The van der Waals surface area contributed by atoms with E-state index in [-0.39, 0.29) is 18.4 Å². The first-order valence-corrected chi connectivity index (χ1v) is 5.08. The van der Waals surface area contributed by atoms with Crippen LogP contribution in [-0.2, 0) is 0 Å². The summed E-state index contributed by atoms with van der Waals surface area (Å²) in [7, 11) is 0. The lowest BCUT2D eigenvalue weighted by molar-refractivity contribution is 0.442. The lowest BCUT2D eigenvalue weighted by atomic mass is 10.1. The van der Waals surface area contributed by atoms with Crippen molar-refractivity contribution in [2.45, 2.75) is 12.5 Å². The van der Waals surface area contributed by atoms with Gasteiger partial charge in [0.2, 0.25) is 0 Å². The number of hydrogen-bond donors (Lipinski definition) is 1.